The van der Waals surface area contributed by atoms with Crippen molar-refractivity contribution in [1.29, 1.82) is 0 Å². The Kier molecular flexibility index (Phi) is 6.96. The Labute approximate surface area is 165 Å². The summed E-state index contributed by atoms with van der Waals surface area (Å²) in [7, 11) is 1.91. The number of rotatable bonds is 9. The number of likely N-dealkylation sites (N-methyl/N-ethyl adjacent to an activating group) is 1. The molecule has 0 bridgehead atoms. The van der Waals surface area contributed by atoms with Crippen molar-refractivity contribution in [3.8, 4) is 0 Å². The topological polar surface area (TPSA) is 54.0 Å². The molecule has 0 saturated carbocycles. The van der Waals surface area contributed by atoms with E-state index in [1.165, 1.54) is 15.8 Å². The van der Waals surface area contributed by atoms with Crippen molar-refractivity contribution in [1.82, 2.24) is 15.6 Å². The highest BCUT2D eigenvalue weighted by Gasteiger charge is 2.13. The van der Waals surface area contributed by atoms with Crippen molar-refractivity contribution < 1.29 is 4.79 Å². The second-order valence-corrected chi connectivity index (χ2v) is 7.89. The van der Waals surface area contributed by atoms with Gasteiger partial charge in [0.15, 0.2) is 0 Å². The quantitative estimate of drug-likeness (QED) is 0.594. The maximum atomic E-state index is 12.4. The molecule has 0 saturated heterocycles. The highest BCUT2D eigenvalue weighted by molar-refractivity contribution is 7.18. The Bertz CT molecular complexity index is 876. The van der Waals surface area contributed by atoms with Gasteiger partial charge in [0, 0.05) is 25.4 Å². The van der Waals surface area contributed by atoms with Gasteiger partial charge in [-0.2, -0.15) is 0 Å². The molecule has 142 valence electrons. The molecule has 1 aromatic heterocycles. The van der Waals surface area contributed by atoms with Crippen molar-refractivity contribution in [2.45, 2.75) is 38.6 Å². The first-order valence-corrected chi connectivity index (χ1v) is 10.4. The minimum atomic E-state index is 0.0830. The first-order chi connectivity index (χ1) is 13.2. The Balaban J connectivity index is 1.56. The third-order valence-corrected chi connectivity index (χ3v) is 5.69. The van der Waals surface area contributed by atoms with Crippen LogP contribution in [-0.2, 0) is 24.1 Å². The van der Waals surface area contributed by atoms with Gasteiger partial charge in [-0.15, -0.1) is 11.3 Å². The summed E-state index contributed by atoms with van der Waals surface area (Å²) in [5.41, 5.74) is 3.59. The number of hydrogen-bond acceptors (Lipinski definition) is 4. The van der Waals surface area contributed by atoms with Crippen molar-refractivity contribution in [3.05, 3.63) is 64.7 Å². The number of benzene rings is 2. The molecule has 3 aromatic rings. The molecule has 0 spiro atoms. The number of carbonyl (C=O) groups is 1. The van der Waals surface area contributed by atoms with Gasteiger partial charge in [-0.05, 0) is 43.1 Å². The van der Waals surface area contributed by atoms with Crippen LogP contribution in [0.25, 0.3) is 10.2 Å². The molecular formula is C22H27N3OS. The van der Waals surface area contributed by atoms with Crippen molar-refractivity contribution >= 4 is 27.5 Å². The highest BCUT2D eigenvalue weighted by Crippen LogP contribution is 2.24. The van der Waals surface area contributed by atoms with Crippen molar-refractivity contribution in [2.75, 3.05) is 13.6 Å². The number of carbonyl (C=O) groups excluding carboxylic acids is 1. The van der Waals surface area contributed by atoms with Crippen LogP contribution < -0.4 is 10.6 Å². The summed E-state index contributed by atoms with van der Waals surface area (Å²) >= 11 is 1.70. The molecule has 1 unspecified atom stereocenters. The summed E-state index contributed by atoms with van der Waals surface area (Å²) in [6, 6.07) is 16.8. The van der Waals surface area contributed by atoms with Gasteiger partial charge in [0.1, 0.15) is 0 Å². The van der Waals surface area contributed by atoms with Gasteiger partial charge in [-0.3, -0.25) is 4.79 Å². The summed E-state index contributed by atoms with van der Waals surface area (Å²) in [5, 5.41) is 7.36. The predicted octanol–water partition coefficient (Wildman–Crippen LogP) is 3.74. The van der Waals surface area contributed by atoms with E-state index in [9.17, 15) is 4.79 Å². The van der Waals surface area contributed by atoms with E-state index in [1.807, 2.05) is 25.2 Å². The second kappa shape index (κ2) is 9.62. The van der Waals surface area contributed by atoms with E-state index in [4.69, 9.17) is 0 Å². The number of amides is 1. The zero-order valence-corrected chi connectivity index (χ0v) is 16.8. The van der Waals surface area contributed by atoms with Crippen LogP contribution in [0, 0.1) is 0 Å². The average Bonchev–Trinajstić information content (AvgIpc) is 3.09. The largest absolute Gasteiger partial charge is 0.352 e. The molecule has 5 heteroatoms. The van der Waals surface area contributed by atoms with E-state index in [0.717, 1.165) is 29.9 Å². The zero-order valence-electron chi connectivity index (χ0n) is 16.0. The van der Waals surface area contributed by atoms with Crippen LogP contribution in [0.3, 0.4) is 0 Å². The fraction of sp³-hybridized carbons (Fsp3) is 0.364. The SMILES string of the molecule is CCc1ccc2nc(CCC(=O)NC(CNC)Cc3ccccc3)sc2c1. The molecular weight excluding hydrogens is 354 g/mol. The second-order valence-electron chi connectivity index (χ2n) is 6.78. The fourth-order valence-electron chi connectivity index (χ4n) is 3.18. The molecule has 1 heterocycles. The van der Waals surface area contributed by atoms with Crippen LogP contribution in [0.4, 0.5) is 0 Å². The summed E-state index contributed by atoms with van der Waals surface area (Å²) in [6.07, 6.45) is 3.01. The zero-order chi connectivity index (χ0) is 19.1. The number of aromatic nitrogens is 1. The van der Waals surface area contributed by atoms with Gasteiger partial charge >= 0.3 is 0 Å². The maximum Gasteiger partial charge on any atom is 0.220 e. The van der Waals surface area contributed by atoms with E-state index in [-0.39, 0.29) is 11.9 Å². The van der Waals surface area contributed by atoms with Gasteiger partial charge in [0.25, 0.3) is 0 Å². The maximum absolute atomic E-state index is 12.4. The first-order valence-electron chi connectivity index (χ1n) is 9.54. The lowest BCUT2D eigenvalue weighted by molar-refractivity contribution is -0.121. The Morgan fingerprint density at radius 2 is 1.96 bits per heavy atom. The molecule has 3 rings (SSSR count). The van der Waals surface area contributed by atoms with Crippen LogP contribution in [0.15, 0.2) is 48.5 Å². The normalized spacial score (nSPS) is 12.2. The van der Waals surface area contributed by atoms with Gasteiger partial charge in [0.05, 0.1) is 15.2 Å². The van der Waals surface area contributed by atoms with E-state index >= 15 is 0 Å². The van der Waals surface area contributed by atoms with Crippen molar-refractivity contribution in [2.24, 2.45) is 0 Å². The average molecular weight is 382 g/mol. The van der Waals surface area contributed by atoms with Crippen molar-refractivity contribution in [3.63, 3.8) is 0 Å². The lowest BCUT2D eigenvalue weighted by Gasteiger charge is -2.18. The predicted molar refractivity (Wildman–Crippen MR) is 113 cm³/mol. The van der Waals surface area contributed by atoms with Crippen LogP contribution in [0.5, 0.6) is 0 Å². The number of aryl methyl sites for hydroxylation is 2. The molecule has 1 amide bonds. The van der Waals surface area contributed by atoms with E-state index < -0.39 is 0 Å². The van der Waals surface area contributed by atoms with E-state index in [2.05, 4.69) is 52.9 Å². The van der Waals surface area contributed by atoms with Crippen LogP contribution in [0.2, 0.25) is 0 Å². The minimum Gasteiger partial charge on any atom is -0.352 e. The van der Waals surface area contributed by atoms with E-state index in [0.29, 0.717) is 12.8 Å². The summed E-state index contributed by atoms with van der Waals surface area (Å²) < 4.78 is 1.21. The number of nitrogens with zero attached hydrogens (tertiary/aromatic N) is 1. The first kappa shape index (κ1) is 19.5. The smallest absolute Gasteiger partial charge is 0.220 e. The lowest BCUT2D eigenvalue weighted by atomic mass is 10.1. The number of hydrogen-bond donors (Lipinski definition) is 2. The summed E-state index contributed by atoms with van der Waals surface area (Å²) in [5.74, 6) is 0.0830. The van der Waals surface area contributed by atoms with Crippen LogP contribution in [0.1, 0.15) is 29.5 Å². The van der Waals surface area contributed by atoms with Gasteiger partial charge in [0.2, 0.25) is 5.91 Å². The Morgan fingerprint density at radius 1 is 1.15 bits per heavy atom. The van der Waals surface area contributed by atoms with Crippen LogP contribution >= 0.6 is 11.3 Å². The lowest BCUT2D eigenvalue weighted by Crippen LogP contribution is -2.42. The molecule has 0 fully saturated rings. The molecule has 2 N–H and O–H groups in total. The van der Waals surface area contributed by atoms with Gasteiger partial charge in [-0.25, -0.2) is 4.98 Å². The summed E-state index contributed by atoms with van der Waals surface area (Å²) in [6.45, 7) is 2.91. The Morgan fingerprint density at radius 3 is 2.70 bits per heavy atom. The molecule has 1 atom stereocenters. The molecule has 0 aliphatic rings. The molecule has 2 aromatic carbocycles. The molecule has 0 aliphatic carbocycles. The highest BCUT2D eigenvalue weighted by atomic mass is 32.1. The minimum absolute atomic E-state index is 0.0830. The molecule has 27 heavy (non-hydrogen) atoms. The molecule has 0 radical (unpaired) electrons. The Hall–Kier alpha value is -2.24. The van der Waals surface area contributed by atoms with E-state index in [1.54, 1.807) is 11.3 Å². The number of nitrogens with one attached hydrogen (secondary N) is 2. The third-order valence-electron chi connectivity index (χ3n) is 4.61. The summed E-state index contributed by atoms with van der Waals surface area (Å²) in [4.78, 5) is 17.1. The molecule has 4 nitrogen and oxygen atoms in total. The molecule has 0 aliphatic heterocycles. The monoisotopic (exact) mass is 381 g/mol. The number of thiazole rings is 1. The van der Waals surface area contributed by atoms with Gasteiger partial charge < -0.3 is 10.6 Å². The third kappa shape index (κ3) is 5.62. The van der Waals surface area contributed by atoms with Crippen LogP contribution in [-0.4, -0.2) is 30.5 Å². The van der Waals surface area contributed by atoms with Gasteiger partial charge in [-0.1, -0.05) is 43.3 Å². The fourth-order valence-corrected chi connectivity index (χ4v) is 4.21. The standard InChI is InChI=1S/C22H27N3OS/c1-3-16-9-10-19-20(14-16)27-22(25-19)12-11-21(26)24-18(15-23-2)13-17-7-5-4-6-8-17/h4-10,14,18,23H,3,11-13,15H2,1-2H3,(H,24,26). The number of fused-ring (bicyclic) bond motifs is 1.